The van der Waals surface area contributed by atoms with Gasteiger partial charge in [-0.2, -0.15) is 0 Å². The highest BCUT2D eigenvalue weighted by molar-refractivity contribution is 7.09. The average Bonchev–Trinajstić information content (AvgIpc) is 2.77. The van der Waals surface area contributed by atoms with Crippen LogP contribution in [-0.4, -0.2) is 16.5 Å². The van der Waals surface area contributed by atoms with E-state index in [0.29, 0.717) is 6.04 Å². The molecule has 2 heterocycles. The molecular formula is C13H17N3S. The van der Waals surface area contributed by atoms with Gasteiger partial charge in [-0.3, -0.25) is 4.98 Å². The zero-order valence-electron chi connectivity index (χ0n) is 10.2. The molecule has 1 atom stereocenters. The molecule has 0 amide bonds. The molecular weight excluding hydrogens is 230 g/mol. The molecule has 4 heteroatoms. The molecule has 0 aliphatic carbocycles. The first kappa shape index (κ1) is 12.2. The predicted molar refractivity (Wildman–Crippen MR) is 71.2 cm³/mol. The van der Waals surface area contributed by atoms with Crippen molar-refractivity contribution in [3.05, 3.63) is 46.2 Å². The van der Waals surface area contributed by atoms with Gasteiger partial charge in [0.2, 0.25) is 0 Å². The van der Waals surface area contributed by atoms with E-state index in [1.807, 2.05) is 25.3 Å². The lowest BCUT2D eigenvalue weighted by Crippen LogP contribution is -2.21. The second-order valence-electron chi connectivity index (χ2n) is 4.07. The Hall–Kier alpha value is -1.26. The Bertz CT molecular complexity index is 453. The second-order valence-corrected chi connectivity index (χ2v) is 4.96. The van der Waals surface area contributed by atoms with Crippen molar-refractivity contribution in [3.8, 4) is 0 Å². The Balaban J connectivity index is 1.79. The third-order valence-corrected chi connectivity index (χ3v) is 3.71. The van der Waals surface area contributed by atoms with Crippen LogP contribution in [0.25, 0.3) is 0 Å². The van der Waals surface area contributed by atoms with Crippen molar-refractivity contribution in [2.45, 2.75) is 26.3 Å². The standard InChI is InChI=1S/C13H17N3S/c1-10-9-17-13(16-10)11(2)14-8-6-12-5-3-4-7-15-12/h3-5,7,9,11,14H,6,8H2,1-2H3. The van der Waals surface area contributed by atoms with Gasteiger partial charge in [0.25, 0.3) is 0 Å². The number of hydrogen-bond acceptors (Lipinski definition) is 4. The number of hydrogen-bond donors (Lipinski definition) is 1. The van der Waals surface area contributed by atoms with Gasteiger partial charge >= 0.3 is 0 Å². The SMILES string of the molecule is Cc1csc(C(C)NCCc2ccccn2)n1. The molecule has 2 aromatic heterocycles. The van der Waals surface area contributed by atoms with Crippen molar-refractivity contribution in [3.63, 3.8) is 0 Å². The zero-order valence-corrected chi connectivity index (χ0v) is 11.0. The Kier molecular flexibility index (Phi) is 4.23. The van der Waals surface area contributed by atoms with E-state index in [-0.39, 0.29) is 0 Å². The molecule has 2 aromatic rings. The van der Waals surface area contributed by atoms with Crippen molar-refractivity contribution in [1.29, 1.82) is 0 Å². The number of nitrogens with one attached hydrogen (secondary N) is 1. The van der Waals surface area contributed by atoms with Gasteiger partial charge in [0.05, 0.1) is 6.04 Å². The van der Waals surface area contributed by atoms with E-state index < -0.39 is 0 Å². The van der Waals surface area contributed by atoms with E-state index in [4.69, 9.17) is 0 Å². The van der Waals surface area contributed by atoms with Crippen molar-refractivity contribution >= 4 is 11.3 Å². The Morgan fingerprint density at radius 2 is 2.29 bits per heavy atom. The van der Waals surface area contributed by atoms with Crippen LogP contribution in [0.1, 0.15) is 29.4 Å². The maximum atomic E-state index is 4.48. The van der Waals surface area contributed by atoms with Crippen LogP contribution in [0.5, 0.6) is 0 Å². The van der Waals surface area contributed by atoms with Gasteiger partial charge in [-0.05, 0) is 26.0 Å². The fraction of sp³-hybridized carbons (Fsp3) is 0.385. The molecule has 0 bridgehead atoms. The summed E-state index contributed by atoms with van der Waals surface area (Å²) in [7, 11) is 0. The van der Waals surface area contributed by atoms with Gasteiger partial charge in [-0.15, -0.1) is 11.3 Å². The van der Waals surface area contributed by atoms with Crippen LogP contribution in [0.3, 0.4) is 0 Å². The molecule has 0 saturated heterocycles. The Labute approximate surface area is 106 Å². The summed E-state index contributed by atoms with van der Waals surface area (Å²) < 4.78 is 0. The number of pyridine rings is 1. The third kappa shape index (κ3) is 3.61. The molecule has 1 unspecified atom stereocenters. The summed E-state index contributed by atoms with van der Waals surface area (Å²) in [6.07, 6.45) is 2.79. The maximum Gasteiger partial charge on any atom is 0.110 e. The van der Waals surface area contributed by atoms with E-state index in [1.165, 1.54) is 0 Å². The van der Waals surface area contributed by atoms with Gasteiger partial charge in [0.1, 0.15) is 5.01 Å². The summed E-state index contributed by atoms with van der Waals surface area (Å²) >= 11 is 1.71. The van der Waals surface area contributed by atoms with Crippen LogP contribution >= 0.6 is 11.3 Å². The molecule has 0 fully saturated rings. The first-order valence-electron chi connectivity index (χ1n) is 5.81. The minimum atomic E-state index is 0.317. The summed E-state index contributed by atoms with van der Waals surface area (Å²) in [5.41, 5.74) is 2.23. The quantitative estimate of drug-likeness (QED) is 0.883. The molecule has 1 N–H and O–H groups in total. The van der Waals surface area contributed by atoms with Gasteiger partial charge < -0.3 is 5.32 Å². The average molecular weight is 247 g/mol. The number of nitrogens with zero attached hydrogens (tertiary/aromatic N) is 2. The van der Waals surface area contributed by atoms with Crippen molar-refractivity contribution in [2.75, 3.05) is 6.54 Å². The minimum absolute atomic E-state index is 0.317. The molecule has 2 rings (SSSR count). The highest BCUT2D eigenvalue weighted by Gasteiger charge is 2.08. The second kappa shape index (κ2) is 5.89. The summed E-state index contributed by atoms with van der Waals surface area (Å²) in [5.74, 6) is 0. The Morgan fingerprint density at radius 1 is 1.41 bits per heavy atom. The molecule has 0 aliphatic rings. The monoisotopic (exact) mass is 247 g/mol. The van der Waals surface area contributed by atoms with E-state index in [9.17, 15) is 0 Å². The van der Waals surface area contributed by atoms with Crippen molar-refractivity contribution in [1.82, 2.24) is 15.3 Å². The minimum Gasteiger partial charge on any atom is -0.308 e. The molecule has 17 heavy (non-hydrogen) atoms. The third-order valence-electron chi connectivity index (χ3n) is 2.57. The van der Waals surface area contributed by atoms with Crippen LogP contribution in [-0.2, 0) is 6.42 Å². The van der Waals surface area contributed by atoms with Crippen LogP contribution in [0, 0.1) is 6.92 Å². The highest BCUT2D eigenvalue weighted by Crippen LogP contribution is 2.17. The van der Waals surface area contributed by atoms with Crippen LogP contribution in [0.15, 0.2) is 29.8 Å². The molecule has 3 nitrogen and oxygen atoms in total. The van der Waals surface area contributed by atoms with E-state index in [2.05, 4.69) is 33.7 Å². The lowest BCUT2D eigenvalue weighted by molar-refractivity contribution is 0.570. The number of aromatic nitrogens is 2. The zero-order chi connectivity index (χ0) is 12.1. The van der Waals surface area contributed by atoms with Gasteiger partial charge in [-0.25, -0.2) is 4.98 Å². The largest absolute Gasteiger partial charge is 0.308 e. The summed E-state index contributed by atoms with van der Waals surface area (Å²) in [4.78, 5) is 8.78. The van der Waals surface area contributed by atoms with Crippen molar-refractivity contribution < 1.29 is 0 Å². The molecule has 0 spiro atoms. The molecule has 0 radical (unpaired) electrons. The first-order valence-corrected chi connectivity index (χ1v) is 6.69. The van der Waals surface area contributed by atoms with E-state index in [1.54, 1.807) is 11.3 Å². The van der Waals surface area contributed by atoms with Gasteiger partial charge in [0.15, 0.2) is 0 Å². The molecule has 0 saturated carbocycles. The summed E-state index contributed by atoms with van der Waals surface area (Å²) in [6.45, 7) is 5.11. The highest BCUT2D eigenvalue weighted by atomic mass is 32.1. The fourth-order valence-electron chi connectivity index (χ4n) is 1.62. The van der Waals surface area contributed by atoms with E-state index >= 15 is 0 Å². The van der Waals surface area contributed by atoms with E-state index in [0.717, 1.165) is 29.4 Å². The van der Waals surface area contributed by atoms with Crippen LogP contribution in [0.4, 0.5) is 0 Å². The van der Waals surface area contributed by atoms with Gasteiger partial charge in [0, 0.05) is 35.9 Å². The maximum absolute atomic E-state index is 4.48. The van der Waals surface area contributed by atoms with Crippen LogP contribution in [0.2, 0.25) is 0 Å². The predicted octanol–water partition coefficient (Wildman–Crippen LogP) is 2.74. The smallest absolute Gasteiger partial charge is 0.110 e. The first-order chi connectivity index (χ1) is 8.25. The normalized spacial score (nSPS) is 12.6. The number of rotatable bonds is 5. The summed E-state index contributed by atoms with van der Waals surface area (Å²) in [5, 5.41) is 6.71. The molecule has 90 valence electrons. The lowest BCUT2D eigenvalue weighted by Gasteiger charge is -2.10. The van der Waals surface area contributed by atoms with Crippen LogP contribution < -0.4 is 5.32 Å². The fourth-order valence-corrected chi connectivity index (χ4v) is 2.45. The molecule has 0 aromatic carbocycles. The van der Waals surface area contributed by atoms with Crippen molar-refractivity contribution in [2.24, 2.45) is 0 Å². The lowest BCUT2D eigenvalue weighted by atomic mass is 10.2. The van der Waals surface area contributed by atoms with Gasteiger partial charge in [-0.1, -0.05) is 6.07 Å². The topological polar surface area (TPSA) is 37.8 Å². The molecule has 0 aliphatic heterocycles. The Morgan fingerprint density at radius 3 is 2.94 bits per heavy atom. The summed E-state index contributed by atoms with van der Waals surface area (Å²) in [6, 6.07) is 6.34. The number of aryl methyl sites for hydroxylation is 1. The number of thiazole rings is 1.